The second-order valence-electron chi connectivity index (χ2n) is 12.4. The molecular weight excluding hydrogens is 556 g/mol. The molecule has 1 aromatic heterocycles. The van der Waals surface area contributed by atoms with E-state index in [1.165, 1.54) is 76.1 Å². The lowest BCUT2D eigenvalue weighted by molar-refractivity contribution is 0.961. The van der Waals surface area contributed by atoms with Crippen LogP contribution in [0.4, 0.5) is 0 Å². The fraction of sp³-hybridized carbons (Fsp3) is 0.0227. The summed E-state index contributed by atoms with van der Waals surface area (Å²) in [4.78, 5) is 5.22. The van der Waals surface area contributed by atoms with Crippen molar-refractivity contribution in [2.24, 2.45) is 7.05 Å². The van der Waals surface area contributed by atoms with E-state index in [2.05, 4.69) is 163 Å². The van der Waals surface area contributed by atoms with Gasteiger partial charge in [0.25, 0.3) is 0 Å². The molecule has 0 atom stereocenters. The van der Waals surface area contributed by atoms with Gasteiger partial charge in [0, 0.05) is 12.6 Å². The molecule has 2 heteroatoms. The summed E-state index contributed by atoms with van der Waals surface area (Å²) in [5, 5.41) is 12.7. The monoisotopic (exact) mass is 584 g/mol. The summed E-state index contributed by atoms with van der Waals surface area (Å²) in [6.45, 7) is 0. The number of hydrogen-bond donors (Lipinski definition) is 0. The quantitative estimate of drug-likeness (QED) is 0.189. The van der Waals surface area contributed by atoms with Crippen molar-refractivity contribution >= 4 is 64.9 Å². The number of aryl methyl sites for hydroxylation is 1. The standard InChI is InChI=1S/C44H28N2/c1-46-41-19-7-6-18-40(41)45-44(46)39-26-38(33-17-9-13-28-11-3-5-15-31(28)33)36-23-21-29-20-22-34(35-24-25-37(39)43(36)42(29)35)32-16-8-12-27-10-2-4-14-30(27)32/h2-26H,1H3. The average Bonchev–Trinajstić information content (AvgIpc) is 3.45. The normalized spacial score (nSPS) is 12.0. The Morgan fingerprint density at radius 2 is 0.935 bits per heavy atom. The molecule has 0 saturated carbocycles. The molecule has 0 amide bonds. The van der Waals surface area contributed by atoms with Crippen molar-refractivity contribution in [1.82, 2.24) is 9.55 Å². The Bertz CT molecular complexity index is 2810. The summed E-state index contributed by atoms with van der Waals surface area (Å²) in [5.74, 6) is 0.981. The third-order valence-corrected chi connectivity index (χ3v) is 9.97. The predicted molar refractivity (Wildman–Crippen MR) is 196 cm³/mol. The molecule has 0 bridgehead atoms. The number of nitrogens with zero attached hydrogens (tertiary/aromatic N) is 2. The van der Waals surface area contributed by atoms with Crippen LogP contribution in [0, 0.1) is 0 Å². The third-order valence-electron chi connectivity index (χ3n) is 9.97. The minimum atomic E-state index is 0.981. The first-order valence-electron chi connectivity index (χ1n) is 15.9. The van der Waals surface area contributed by atoms with Crippen LogP contribution >= 0.6 is 0 Å². The number of hydrogen-bond acceptors (Lipinski definition) is 1. The topological polar surface area (TPSA) is 17.8 Å². The van der Waals surface area contributed by atoms with E-state index in [0.717, 1.165) is 22.4 Å². The molecule has 0 N–H and O–H groups in total. The fourth-order valence-corrected chi connectivity index (χ4v) is 7.85. The van der Waals surface area contributed by atoms with Crippen LogP contribution in [0.3, 0.4) is 0 Å². The Morgan fingerprint density at radius 3 is 1.67 bits per heavy atom. The molecule has 214 valence electrons. The molecule has 0 aliphatic heterocycles. The molecular formula is C44H28N2. The summed E-state index contributed by atoms with van der Waals surface area (Å²) in [6, 6.07) is 55.5. The Morgan fingerprint density at radius 1 is 0.391 bits per heavy atom. The van der Waals surface area contributed by atoms with Crippen molar-refractivity contribution in [3.63, 3.8) is 0 Å². The Hall–Kier alpha value is -5.99. The predicted octanol–water partition coefficient (Wildman–Crippen LogP) is 11.8. The van der Waals surface area contributed by atoms with Gasteiger partial charge in [-0.25, -0.2) is 4.98 Å². The van der Waals surface area contributed by atoms with Gasteiger partial charge in [-0.1, -0.05) is 133 Å². The zero-order valence-corrected chi connectivity index (χ0v) is 25.3. The smallest absolute Gasteiger partial charge is 0.141 e. The van der Waals surface area contributed by atoms with E-state index >= 15 is 0 Å². The van der Waals surface area contributed by atoms with Gasteiger partial charge in [-0.05, 0) is 94.3 Å². The van der Waals surface area contributed by atoms with Crippen LogP contribution in [-0.2, 0) is 7.05 Å². The van der Waals surface area contributed by atoms with Crippen LogP contribution in [0.5, 0.6) is 0 Å². The zero-order chi connectivity index (χ0) is 30.4. The number of rotatable bonds is 3. The van der Waals surface area contributed by atoms with Crippen LogP contribution in [0.25, 0.3) is 98.5 Å². The van der Waals surface area contributed by atoms with Crippen LogP contribution in [0.2, 0.25) is 0 Å². The summed E-state index contributed by atoms with van der Waals surface area (Å²) in [6.07, 6.45) is 0. The highest BCUT2D eigenvalue weighted by Gasteiger charge is 2.21. The highest BCUT2D eigenvalue weighted by molar-refractivity contribution is 6.30. The van der Waals surface area contributed by atoms with Gasteiger partial charge in [-0.2, -0.15) is 0 Å². The Balaban J connectivity index is 1.38. The van der Waals surface area contributed by atoms with Gasteiger partial charge in [-0.3, -0.25) is 0 Å². The van der Waals surface area contributed by atoms with Crippen LogP contribution in [0.1, 0.15) is 0 Å². The first-order valence-corrected chi connectivity index (χ1v) is 15.9. The number of fused-ring (bicyclic) bond motifs is 3. The number of benzene rings is 9. The van der Waals surface area contributed by atoms with Crippen molar-refractivity contribution in [3.8, 4) is 33.6 Å². The molecule has 46 heavy (non-hydrogen) atoms. The minimum Gasteiger partial charge on any atom is -0.327 e. The maximum atomic E-state index is 5.22. The molecule has 10 aromatic rings. The molecule has 9 aromatic carbocycles. The first-order chi connectivity index (χ1) is 22.7. The SMILES string of the molecule is Cn1c(-c2cc(-c3cccc4ccccc34)c3ccc4ccc(-c5cccc6ccccc56)c5ccc2c3c45)nc2ccccc21. The van der Waals surface area contributed by atoms with Gasteiger partial charge in [0.05, 0.1) is 11.0 Å². The summed E-state index contributed by atoms with van der Waals surface area (Å²) in [5.41, 5.74) is 8.30. The Labute approximate surface area is 266 Å². The molecule has 0 spiro atoms. The van der Waals surface area contributed by atoms with Gasteiger partial charge in [0.1, 0.15) is 5.82 Å². The van der Waals surface area contributed by atoms with E-state index < -0.39 is 0 Å². The second kappa shape index (κ2) is 9.50. The summed E-state index contributed by atoms with van der Waals surface area (Å²) >= 11 is 0. The molecule has 0 fully saturated rings. The van der Waals surface area contributed by atoms with Crippen molar-refractivity contribution < 1.29 is 0 Å². The van der Waals surface area contributed by atoms with Crippen LogP contribution in [-0.4, -0.2) is 9.55 Å². The van der Waals surface area contributed by atoms with Crippen LogP contribution in [0.15, 0.2) is 152 Å². The fourth-order valence-electron chi connectivity index (χ4n) is 7.85. The van der Waals surface area contributed by atoms with Gasteiger partial charge >= 0.3 is 0 Å². The largest absolute Gasteiger partial charge is 0.327 e. The minimum absolute atomic E-state index is 0.981. The van der Waals surface area contributed by atoms with E-state index in [0.29, 0.717) is 0 Å². The summed E-state index contributed by atoms with van der Waals surface area (Å²) < 4.78 is 2.25. The van der Waals surface area contributed by atoms with Gasteiger partial charge in [-0.15, -0.1) is 0 Å². The maximum absolute atomic E-state index is 5.22. The zero-order valence-electron chi connectivity index (χ0n) is 25.3. The number of imidazole rings is 1. The van der Waals surface area contributed by atoms with E-state index in [-0.39, 0.29) is 0 Å². The lowest BCUT2D eigenvalue weighted by Gasteiger charge is -2.20. The average molecular weight is 585 g/mol. The van der Waals surface area contributed by atoms with Crippen molar-refractivity contribution in [2.45, 2.75) is 0 Å². The molecule has 10 rings (SSSR count). The lowest BCUT2D eigenvalue weighted by Crippen LogP contribution is -1.97. The first kappa shape index (κ1) is 25.3. The van der Waals surface area contributed by atoms with Crippen molar-refractivity contribution in [3.05, 3.63) is 152 Å². The third kappa shape index (κ3) is 3.50. The van der Waals surface area contributed by atoms with Crippen molar-refractivity contribution in [2.75, 3.05) is 0 Å². The van der Waals surface area contributed by atoms with E-state index in [1.807, 2.05) is 0 Å². The number of para-hydroxylation sites is 2. The highest BCUT2D eigenvalue weighted by Crippen LogP contribution is 2.47. The highest BCUT2D eigenvalue weighted by atomic mass is 15.1. The molecule has 2 nitrogen and oxygen atoms in total. The molecule has 0 radical (unpaired) electrons. The maximum Gasteiger partial charge on any atom is 0.141 e. The summed E-state index contributed by atoms with van der Waals surface area (Å²) in [7, 11) is 2.14. The van der Waals surface area contributed by atoms with Crippen molar-refractivity contribution in [1.29, 1.82) is 0 Å². The number of aromatic nitrogens is 2. The van der Waals surface area contributed by atoms with E-state index in [9.17, 15) is 0 Å². The van der Waals surface area contributed by atoms with E-state index in [4.69, 9.17) is 4.98 Å². The van der Waals surface area contributed by atoms with Gasteiger partial charge in [0.15, 0.2) is 0 Å². The second-order valence-corrected chi connectivity index (χ2v) is 12.4. The lowest BCUT2D eigenvalue weighted by atomic mass is 9.84. The van der Waals surface area contributed by atoms with Gasteiger partial charge < -0.3 is 4.57 Å². The molecule has 0 unspecified atom stereocenters. The molecule has 0 aliphatic carbocycles. The van der Waals surface area contributed by atoms with Crippen LogP contribution < -0.4 is 0 Å². The molecule has 0 saturated heterocycles. The van der Waals surface area contributed by atoms with Gasteiger partial charge in [0.2, 0.25) is 0 Å². The van der Waals surface area contributed by atoms with E-state index in [1.54, 1.807) is 0 Å². The Kier molecular flexibility index (Phi) is 5.24. The molecule has 1 heterocycles. The molecule has 0 aliphatic rings.